The van der Waals surface area contributed by atoms with E-state index < -0.39 is 0 Å². The Kier molecular flexibility index (Phi) is 2.63. The summed E-state index contributed by atoms with van der Waals surface area (Å²) in [5.74, 6) is 1.09. The SMILES string of the molecule is Cc1cc(C)c2c(c1)C(C)(C)C(C)(C)C(C)(C)O2. The van der Waals surface area contributed by atoms with Crippen molar-refractivity contribution in [2.75, 3.05) is 0 Å². The van der Waals surface area contributed by atoms with Crippen LogP contribution in [0.15, 0.2) is 12.1 Å². The lowest BCUT2D eigenvalue weighted by atomic mass is 9.55. The Bertz CT molecular complexity index is 493. The first-order valence-corrected chi connectivity index (χ1v) is 6.81. The van der Waals surface area contributed by atoms with Gasteiger partial charge in [0.05, 0.1) is 0 Å². The first-order chi connectivity index (χ1) is 8.00. The zero-order valence-corrected chi connectivity index (χ0v) is 13.1. The van der Waals surface area contributed by atoms with E-state index in [1.54, 1.807) is 0 Å². The summed E-state index contributed by atoms with van der Waals surface area (Å²) in [6.45, 7) is 18.0. The maximum Gasteiger partial charge on any atom is 0.126 e. The molecule has 1 nitrogen and oxygen atoms in total. The first kappa shape index (κ1) is 13.5. The Balaban J connectivity index is 2.77. The minimum atomic E-state index is -0.163. The standard InChI is InChI=1S/C17H26O/c1-11-9-12(2)14-13(10-11)15(3,4)16(5,6)17(7,8)18-14/h9-10H,1-8H3. The summed E-state index contributed by atoms with van der Waals surface area (Å²) in [4.78, 5) is 0. The smallest absolute Gasteiger partial charge is 0.126 e. The third-order valence-electron chi connectivity index (χ3n) is 5.52. The molecule has 0 radical (unpaired) electrons. The molecule has 1 aliphatic heterocycles. The molecule has 0 N–H and O–H groups in total. The van der Waals surface area contributed by atoms with Gasteiger partial charge in [-0.15, -0.1) is 0 Å². The molecular weight excluding hydrogens is 220 g/mol. The summed E-state index contributed by atoms with van der Waals surface area (Å²) in [5, 5.41) is 0. The van der Waals surface area contributed by atoms with Gasteiger partial charge in [0.25, 0.3) is 0 Å². The Labute approximate surface area is 112 Å². The van der Waals surface area contributed by atoms with E-state index in [2.05, 4.69) is 67.5 Å². The second-order valence-corrected chi connectivity index (χ2v) is 7.32. The summed E-state index contributed by atoms with van der Waals surface area (Å²) in [6.07, 6.45) is 0. The molecule has 0 aromatic heterocycles. The molecule has 0 unspecified atom stereocenters. The fourth-order valence-corrected chi connectivity index (χ4v) is 3.03. The summed E-state index contributed by atoms with van der Waals surface area (Å²) >= 11 is 0. The van der Waals surface area contributed by atoms with E-state index in [1.165, 1.54) is 16.7 Å². The predicted octanol–water partition coefficient (Wildman–Crippen LogP) is 4.78. The van der Waals surface area contributed by atoms with Crippen molar-refractivity contribution >= 4 is 0 Å². The lowest BCUT2D eigenvalue weighted by Gasteiger charge is -2.56. The fraction of sp³-hybridized carbons (Fsp3) is 0.647. The van der Waals surface area contributed by atoms with Gasteiger partial charge >= 0.3 is 0 Å². The van der Waals surface area contributed by atoms with Gasteiger partial charge in [0.15, 0.2) is 0 Å². The molecule has 0 spiro atoms. The molecule has 1 heteroatoms. The van der Waals surface area contributed by atoms with Crippen LogP contribution in [-0.4, -0.2) is 5.60 Å². The average Bonchev–Trinajstić information content (AvgIpc) is 2.19. The van der Waals surface area contributed by atoms with Crippen LogP contribution in [-0.2, 0) is 5.41 Å². The monoisotopic (exact) mass is 246 g/mol. The van der Waals surface area contributed by atoms with E-state index in [9.17, 15) is 0 Å². The molecule has 0 aliphatic carbocycles. The van der Waals surface area contributed by atoms with Crippen LogP contribution >= 0.6 is 0 Å². The zero-order valence-electron chi connectivity index (χ0n) is 13.1. The van der Waals surface area contributed by atoms with Gasteiger partial charge in [-0.3, -0.25) is 0 Å². The minimum Gasteiger partial charge on any atom is -0.487 e. The molecule has 1 aliphatic rings. The number of ether oxygens (including phenoxy) is 1. The maximum absolute atomic E-state index is 6.36. The van der Waals surface area contributed by atoms with Crippen LogP contribution in [0.4, 0.5) is 0 Å². The summed E-state index contributed by atoms with van der Waals surface area (Å²) < 4.78 is 6.36. The van der Waals surface area contributed by atoms with Crippen molar-refractivity contribution in [1.29, 1.82) is 0 Å². The number of rotatable bonds is 0. The second kappa shape index (κ2) is 3.53. The number of benzene rings is 1. The Morgan fingerprint density at radius 1 is 0.889 bits per heavy atom. The Morgan fingerprint density at radius 3 is 2.00 bits per heavy atom. The van der Waals surface area contributed by atoms with Crippen LogP contribution in [0.2, 0.25) is 0 Å². The lowest BCUT2D eigenvalue weighted by Crippen LogP contribution is -2.57. The fourth-order valence-electron chi connectivity index (χ4n) is 3.03. The first-order valence-electron chi connectivity index (χ1n) is 6.81. The highest BCUT2D eigenvalue weighted by Gasteiger charge is 2.55. The van der Waals surface area contributed by atoms with Gasteiger partial charge < -0.3 is 4.74 Å². The van der Waals surface area contributed by atoms with Gasteiger partial charge in [-0.2, -0.15) is 0 Å². The molecule has 100 valence electrons. The molecule has 0 atom stereocenters. The van der Waals surface area contributed by atoms with Gasteiger partial charge in [-0.25, -0.2) is 0 Å². The van der Waals surface area contributed by atoms with Crippen molar-refractivity contribution in [1.82, 2.24) is 0 Å². The number of aryl methyl sites for hydroxylation is 2. The molecular formula is C17H26O. The van der Waals surface area contributed by atoms with Crippen LogP contribution in [0.3, 0.4) is 0 Å². The topological polar surface area (TPSA) is 9.23 Å². The maximum atomic E-state index is 6.36. The zero-order chi connectivity index (χ0) is 13.9. The second-order valence-electron chi connectivity index (χ2n) is 7.32. The summed E-state index contributed by atoms with van der Waals surface area (Å²) in [7, 11) is 0. The molecule has 18 heavy (non-hydrogen) atoms. The molecule has 0 saturated carbocycles. The summed E-state index contributed by atoms with van der Waals surface area (Å²) in [6, 6.07) is 4.50. The number of hydrogen-bond acceptors (Lipinski definition) is 1. The van der Waals surface area contributed by atoms with E-state index in [0.29, 0.717) is 0 Å². The quantitative estimate of drug-likeness (QED) is 0.640. The highest BCUT2D eigenvalue weighted by molar-refractivity contribution is 5.51. The molecule has 0 saturated heterocycles. The van der Waals surface area contributed by atoms with Gasteiger partial charge in [0.1, 0.15) is 11.4 Å². The van der Waals surface area contributed by atoms with Crippen LogP contribution < -0.4 is 4.74 Å². The van der Waals surface area contributed by atoms with E-state index in [0.717, 1.165) is 5.75 Å². The molecule has 0 bridgehead atoms. The van der Waals surface area contributed by atoms with Gasteiger partial charge in [-0.05, 0) is 33.3 Å². The molecule has 0 amide bonds. The van der Waals surface area contributed by atoms with Crippen molar-refractivity contribution in [3.8, 4) is 5.75 Å². The predicted molar refractivity (Wildman–Crippen MR) is 77.4 cm³/mol. The molecule has 1 aromatic carbocycles. The van der Waals surface area contributed by atoms with Crippen LogP contribution in [0, 0.1) is 19.3 Å². The summed E-state index contributed by atoms with van der Waals surface area (Å²) in [5.41, 5.74) is 3.93. The third-order valence-corrected chi connectivity index (χ3v) is 5.52. The number of fused-ring (bicyclic) bond motifs is 1. The van der Waals surface area contributed by atoms with Gasteiger partial charge in [0, 0.05) is 16.4 Å². The van der Waals surface area contributed by atoms with Gasteiger partial charge in [0.2, 0.25) is 0 Å². The van der Waals surface area contributed by atoms with Crippen LogP contribution in [0.1, 0.15) is 58.2 Å². The van der Waals surface area contributed by atoms with Crippen LogP contribution in [0.5, 0.6) is 5.75 Å². The Morgan fingerprint density at radius 2 is 1.44 bits per heavy atom. The van der Waals surface area contributed by atoms with Crippen molar-refractivity contribution < 1.29 is 4.74 Å². The Hall–Kier alpha value is -0.980. The minimum absolute atomic E-state index is 0.0766. The average molecular weight is 246 g/mol. The molecule has 1 aromatic rings. The molecule has 2 rings (SSSR count). The normalized spacial score (nSPS) is 23.1. The highest BCUT2D eigenvalue weighted by atomic mass is 16.5. The van der Waals surface area contributed by atoms with E-state index >= 15 is 0 Å². The van der Waals surface area contributed by atoms with E-state index in [1.807, 2.05) is 0 Å². The lowest BCUT2D eigenvalue weighted by molar-refractivity contribution is -0.0748. The largest absolute Gasteiger partial charge is 0.487 e. The van der Waals surface area contributed by atoms with Crippen molar-refractivity contribution in [3.05, 3.63) is 28.8 Å². The van der Waals surface area contributed by atoms with Crippen molar-refractivity contribution in [2.45, 2.75) is 66.4 Å². The highest BCUT2D eigenvalue weighted by Crippen LogP contribution is 2.56. The van der Waals surface area contributed by atoms with Crippen molar-refractivity contribution in [3.63, 3.8) is 0 Å². The van der Waals surface area contributed by atoms with Crippen LogP contribution in [0.25, 0.3) is 0 Å². The number of hydrogen-bond donors (Lipinski definition) is 0. The van der Waals surface area contributed by atoms with E-state index in [4.69, 9.17) is 4.74 Å². The van der Waals surface area contributed by atoms with E-state index in [-0.39, 0.29) is 16.4 Å². The van der Waals surface area contributed by atoms with Crippen molar-refractivity contribution in [2.24, 2.45) is 5.41 Å². The van der Waals surface area contributed by atoms with Gasteiger partial charge in [-0.1, -0.05) is 45.4 Å². The third kappa shape index (κ3) is 1.52. The molecule has 1 heterocycles. The molecule has 0 fully saturated rings.